The van der Waals surface area contributed by atoms with Gasteiger partial charge in [0.05, 0.1) is 17.9 Å². The fraction of sp³-hybridized carbons (Fsp3) is 0.450. The van der Waals surface area contributed by atoms with Crippen molar-refractivity contribution in [2.24, 2.45) is 13.0 Å². The maximum Gasteiger partial charge on any atom is 0.255 e. The molecule has 0 aliphatic carbocycles. The third kappa shape index (κ3) is 4.36. The molecule has 1 fully saturated rings. The summed E-state index contributed by atoms with van der Waals surface area (Å²) in [4.78, 5) is 28.9. The molecule has 0 saturated carbocycles. The lowest BCUT2D eigenvalue weighted by Gasteiger charge is -2.41. The van der Waals surface area contributed by atoms with Gasteiger partial charge in [0.25, 0.3) is 5.91 Å². The van der Waals surface area contributed by atoms with Crippen LogP contribution in [0, 0.1) is 5.92 Å². The van der Waals surface area contributed by atoms with Gasteiger partial charge in [-0.3, -0.25) is 19.2 Å². The minimum Gasteiger partial charge on any atom is -0.343 e. The number of aryl methyl sites for hydroxylation is 1. The van der Waals surface area contributed by atoms with E-state index in [2.05, 4.69) is 29.2 Å². The summed E-state index contributed by atoms with van der Waals surface area (Å²) in [5.74, 6) is 0.276. The largest absolute Gasteiger partial charge is 0.343 e. The molecule has 2 aromatic rings. The van der Waals surface area contributed by atoms with E-state index < -0.39 is 0 Å². The smallest absolute Gasteiger partial charge is 0.255 e. The Kier molecular flexibility index (Phi) is 5.60. The number of hydrogen-bond donors (Lipinski definition) is 1. The molecule has 144 valence electrons. The Labute approximate surface area is 159 Å². The molecule has 1 saturated heterocycles. The first kappa shape index (κ1) is 19.1. The number of aromatic nitrogens is 2. The average Bonchev–Trinajstić information content (AvgIpc) is 3.03. The number of hydrogen-bond acceptors (Lipinski definition) is 4. The van der Waals surface area contributed by atoms with Crippen LogP contribution in [0.25, 0.3) is 0 Å². The summed E-state index contributed by atoms with van der Waals surface area (Å²) in [5, 5.41) is 6.87. The number of nitrogens with zero attached hydrogens (tertiary/aromatic N) is 4. The highest BCUT2D eigenvalue weighted by Crippen LogP contribution is 2.21. The zero-order valence-electron chi connectivity index (χ0n) is 16.3. The SMILES string of the molecule is CC(C)[C@H]1C(=O)N(C)CCN1Cc1ccc(C(=O)Nc2cnn(C)c2)cc1. The normalized spacial score (nSPS) is 18.2. The first-order valence-electron chi connectivity index (χ1n) is 9.23. The van der Waals surface area contributed by atoms with Crippen LogP contribution >= 0.6 is 0 Å². The van der Waals surface area contributed by atoms with E-state index in [0.29, 0.717) is 17.8 Å². The van der Waals surface area contributed by atoms with Crippen molar-refractivity contribution >= 4 is 17.5 Å². The predicted octanol–water partition coefficient (Wildman–Crippen LogP) is 1.97. The lowest BCUT2D eigenvalue weighted by atomic mass is 9.98. The Bertz CT molecular complexity index is 812. The molecule has 0 bridgehead atoms. The van der Waals surface area contributed by atoms with Crippen molar-refractivity contribution in [2.75, 3.05) is 25.5 Å². The van der Waals surface area contributed by atoms with Crippen molar-refractivity contribution in [1.29, 1.82) is 0 Å². The Hall–Kier alpha value is -2.67. The van der Waals surface area contributed by atoms with E-state index in [1.54, 1.807) is 24.1 Å². The maximum absolute atomic E-state index is 12.5. The fourth-order valence-electron chi connectivity index (χ4n) is 3.48. The van der Waals surface area contributed by atoms with Gasteiger partial charge in [-0.2, -0.15) is 5.10 Å². The monoisotopic (exact) mass is 369 g/mol. The van der Waals surface area contributed by atoms with E-state index in [0.717, 1.165) is 18.7 Å². The second-order valence-corrected chi connectivity index (χ2v) is 7.47. The van der Waals surface area contributed by atoms with Gasteiger partial charge in [-0.1, -0.05) is 26.0 Å². The molecule has 1 atom stereocenters. The number of carbonyl (C=O) groups excluding carboxylic acids is 2. The van der Waals surface area contributed by atoms with Crippen LogP contribution < -0.4 is 5.32 Å². The van der Waals surface area contributed by atoms with Crippen molar-refractivity contribution in [3.63, 3.8) is 0 Å². The van der Waals surface area contributed by atoms with Crippen molar-refractivity contribution in [2.45, 2.75) is 26.4 Å². The van der Waals surface area contributed by atoms with Gasteiger partial charge in [-0.25, -0.2) is 0 Å². The first-order chi connectivity index (χ1) is 12.8. The summed E-state index contributed by atoms with van der Waals surface area (Å²) in [6, 6.07) is 7.46. The van der Waals surface area contributed by atoms with Crippen LogP contribution in [0.5, 0.6) is 0 Å². The molecular weight excluding hydrogens is 342 g/mol. The highest BCUT2D eigenvalue weighted by atomic mass is 16.2. The topological polar surface area (TPSA) is 70.5 Å². The van der Waals surface area contributed by atoms with Crippen molar-refractivity contribution in [3.05, 3.63) is 47.8 Å². The fourth-order valence-corrected chi connectivity index (χ4v) is 3.48. The van der Waals surface area contributed by atoms with Gasteiger partial charge in [0.1, 0.15) is 0 Å². The van der Waals surface area contributed by atoms with Gasteiger partial charge < -0.3 is 10.2 Å². The minimum atomic E-state index is -0.163. The number of piperazine rings is 1. The summed E-state index contributed by atoms with van der Waals surface area (Å²) in [6.45, 7) is 6.47. The van der Waals surface area contributed by atoms with E-state index >= 15 is 0 Å². The number of anilines is 1. The van der Waals surface area contributed by atoms with Crippen molar-refractivity contribution in [3.8, 4) is 0 Å². The molecule has 1 aromatic heterocycles. The zero-order chi connectivity index (χ0) is 19.6. The van der Waals surface area contributed by atoms with Gasteiger partial charge in [0.2, 0.25) is 5.91 Å². The van der Waals surface area contributed by atoms with Crippen LogP contribution in [0.15, 0.2) is 36.7 Å². The van der Waals surface area contributed by atoms with Gasteiger partial charge in [0.15, 0.2) is 0 Å². The second-order valence-electron chi connectivity index (χ2n) is 7.47. The highest BCUT2D eigenvalue weighted by Gasteiger charge is 2.34. The van der Waals surface area contributed by atoms with E-state index in [1.807, 2.05) is 36.2 Å². The lowest BCUT2D eigenvalue weighted by Crippen LogP contribution is -2.57. The van der Waals surface area contributed by atoms with E-state index in [1.165, 1.54) is 0 Å². The maximum atomic E-state index is 12.5. The number of nitrogens with one attached hydrogen (secondary N) is 1. The van der Waals surface area contributed by atoms with Gasteiger partial charge in [-0.15, -0.1) is 0 Å². The molecule has 2 heterocycles. The number of likely N-dealkylation sites (N-methyl/N-ethyl adjacent to an activating group) is 1. The summed E-state index contributed by atoms with van der Waals surface area (Å²) < 4.78 is 1.64. The molecule has 7 heteroatoms. The van der Waals surface area contributed by atoms with Crippen LogP contribution in [0.1, 0.15) is 29.8 Å². The molecule has 0 unspecified atom stereocenters. The molecule has 7 nitrogen and oxygen atoms in total. The zero-order valence-corrected chi connectivity index (χ0v) is 16.3. The molecule has 3 rings (SSSR count). The molecular formula is C20H27N5O2. The number of rotatable bonds is 5. The summed E-state index contributed by atoms with van der Waals surface area (Å²) in [6.07, 6.45) is 3.37. The second kappa shape index (κ2) is 7.92. The van der Waals surface area contributed by atoms with Gasteiger partial charge in [0, 0.05) is 45.5 Å². The average molecular weight is 369 g/mol. The van der Waals surface area contributed by atoms with E-state index in [-0.39, 0.29) is 23.8 Å². The van der Waals surface area contributed by atoms with Gasteiger partial charge in [-0.05, 0) is 23.6 Å². The summed E-state index contributed by atoms with van der Waals surface area (Å²) >= 11 is 0. The molecule has 1 N–H and O–H groups in total. The molecule has 2 amide bonds. The van der Waals surface area contributed by atoms with Crippen LogP contribution in [0.3, 0.4) is 0 Å². The minimum absolute atomic E-state index is 0.0997. The molecule has 1 aromatic carbocycles. The Balaban J connectivity index is 1.66. The van der Waals surface area contributed by atoms with Crippen LogP contribution in [-0.2, 0) is 18.4 Å². The summed E-state index contributed by atoms with van der Waals surface area (Å²) in [7, 11) is 3.67. The van der Waals surface area contributed by atoms with Crippen molar-refractivity contribution in [1.82, 2.24) is 19.6 Å². The Morgan fingerprint density at radius 2 is 1.93 bits per heavy atom. The molecule has 27 heavy (non-hydrogen) atoms. The van der Waals surface area contributed by atoms with Crippen LogP contribution in [0.4, 0.5) is 5.69 Å². The molecule has 0 radical (unpaired) electrons. The highest BCUT2D eigenvalue weighted by molar-refractivity contribution is 6.04. The van der Waals surface area contributed by atoms with Crippen LogP contribution in [-0.4, -0.2) is 57.6 Å². The Morgan fingerprint density at radius 3 is 2.52 bits per heavy atom. The van der Waals surface area contributed by atoms with Crippen molar-refractivity contribution < 1.29 is 9.59 Å². The van der Waals surface area contributed by atoms with Crippen LogP contribution in [0.2, 0.25) is 0 Å². The number of amides is 2. The number of benzene rings is 1. The molecule has 1 aliphatic heterocycles. The number of carbonyl (C=O) groups is 2. The van der Waals surface area contributed by atoms with E-state index in [9.17, 15) is 9.59 Å². The Morgan fingerprint density at radius 1 is 1.22 bits per heavy atom. The third-order valence-electron chi connectivity index (χ3n) is 4.94. The third-order valence-corrected chi connectivity index (χ3v) is 4.94. The predicted molar refractivity (Wildman–Crippen MR) is 104 cm³/mol. The lowest BCUT2D eigenvalue weighted by molar-refractivity contribution is -0.142. The standard InChI is InChI=1S/C20H27N5O2/c1-14(2)18-20(27)23(3)9-10-25(18)12-15-5-7-16(8-6-15)19(26)22-17-11-21-24(4)13-17/h5-8,11,13-14,18H,9-10,12H2,1-4H3,(H,22,26)/t18-/m0/s1. The quantitative estimate of drug-likeness (QED) is 0.875. The summed E-state index contributed by atoms with van der Waals surface area (Å²) in [5.41, 5.74) is 2.36. The molecule has 0 spiro atoms. The van der Waals surface area contributed by atoms with Gasteiger partial charge >= 0.3 is 0 Å². The molecule has 1 aliphatic rings. The van der Waals surface area contributed by atoms with E-state index in [4.69, 9.17) is 0 Å². The first-order valence-corrected chi connectivity index (χ1v) is 9.23.